The molecule has 0 atom stereocenters. The second kappa shape index (κ2) is 4.87. The van der Waals surface area contributed by atoms with Crippen LogP contribution in [0.1, 0.15) is 23.1 Å². The van der Waals surface area contributed by atoms with Crippen molar-refractivity contribution in [1.29, 1.82) is 0 Å². The van der Waals surface area contributed by atoms with E-state index in [-0.39, 0.29) is 5.03 Å². The number of hydrogen-bond donors (Lipinski definition) is 0. The minimum absolute atomic E-state index is 0.110. The van der Waals surface area contributed by atoms with Gasteiger partial charge in [0.1, 0.15) is 0 Å². The molecule has 0 spiro atoms. The van der Waals surface area contributed by atoms with Gasteiger partial charge in [-0.05, 0) is 49.4 Å². The molecule has 0 saturated heterocycles. The van der Waals surface area contributed by atoms with Gasteiger partial charge < -0.3 is 0 Å². The predicted molar refractivity (Wildman–Crippen MR) is 82.0 cm³/mol. The number of sulfonamides is 1. The van der Waals surface area contributed by atoms with Crippen LogP contribution in [0, 0.1) is 13.8 Å². The lowest BCUT2D eigenvalue weighted by molar-refractivity contribution is 0.578. The Hall–Kier alpha value is -1.82. The molecule has 0 fully saturated rings. The molecule has 0 amide bonds. The topological polar surface area (TPSA) is 55.2 Å². The van der Waals surface area contributed by atoms with Crippen molar-refractivity contribution in [2.45, 2.75) is 31.7 Å². The van der Waals surface area contributed by atoms with Crippen LogP contribution in [0.5, 0.6) is 0 Å². The van der Waals surface area contributed by atoms with Gasteiger partial charge in [0.05, 0.1) is 5.69 Å². The lowest BCUT2D eigenvalue weighted by atomic mass is 9.97. The molecule has 5 nitrogen and oxygen atoms in total. The van der Waals surface area contributed by atoms with Crippen LogP contribution in [0.2, 0.25) is 0 Å². The second-order valence-corrected chi connectivity index (χ2v) is 7.33. The monoisotopic (exact) mass is 305 g/mol. The van der Waals surface area contributed by atoms with Crippen LogP contribution in [-0.4, -0.2) is 24.7 Å². The van der Waals surface area contributed by atoms with E-state index in [0.29, 0.717) is 6.54 Å². The maximum Gasteiger partial charge on any atom is 0.283 e. The Morgan fingerprint density at radius 1 is 1.19 bits per heavy atom. The SMILES string of the molecule is Cc1ccc2c(c1C)N(S(=O)(=O)c1ccn(C)n1)CCC2. The Kier molecular flexibility index (Phi) is 3.28. The van der Waals surface area contributed by atoms with E-state index in [0.717, 1.165) is 35.2 Å². The summed E-state index contributed by atoms with van der Waals surface area (Å²) in [4.78, 5) is 0. The van der Waals surface area contributed by atoms with E-state index in [1.54, 1.807) is 19.3 Å². The standard InChI is InChI=1S/C15H19N3O2S/c1-11-6-7-13-5-4-9-18(15(13)12(11)2)21(19,20)14-8-10-17(3)16-14/h6-8,10H,4-5,9H2,1-3H3. The maximum atomic E-state index is 12.9. The molecule has 6 heteroatoms. The van der Waals surface area contributed by atoms with E-state index in [1.807, 2.05) is 19.9 Å². The van der Waals surface area contributed by atoms with Crippen molar-refractivity contribution in [3.63, 3.8) is 0 Å². The summed E-state index contributed by atoms with van der Waals surface area (Å²) in [5, 5.41) is 4.18. The fourth-order valence-electron chi connectivity index (χ4n) is 2.82. The third kappa shape index (κ3) is 2.23. The highest BCUT2D eigenvalue weighted by molar-refractivity contribution is 7.92. The average Bonchev–Trinajstić information content (AvgIpc) is 2.90. The summed E-state index contributed by atoms with van der Waals surface area (Å²) >= 11 is 0. The number of fused-ring (bicyclic) bond motifs is 1. The molecule has 1 aromatic carbocycles. The average molecular weight is 305 g/mol. The van der Waals surface area contributed by atoms with Gasteiger partial charge in [-0.3, -0.25) is 8.99 Å². The van der Waals surface area contributed by atoms with Crippen molar-refractivity contribution in [2.75, 3.05) is 10.8 Å². The van der Waals surface area contributed by atoms with E-state index < -0.39 is 10.0 Å². The summed E-state index contributed by atoms with van der Waals surface area (Å²) < 4.78 is 28.8. The number of hydrogen-bond acceptors (Lipinski definition) is 3. The first-order valence-electron chi connectivity index (χ1n) is 7.03. The Morgan fingerprint density at radius 3 is 2.62 bits per heavy atom. The Morgan fingerprint density at radius 2 is 1.95 bits per heavy atom. The van der Waals surface area contributed by atoms with Crippen molar-refractivity contribution < 1.29 is 8.42 Å². The van der Waals surface area contributed by atoms with Crippen LogP contribution in [0.25, 0.3) is 0 Å². The van der Waals surface area contributed by atoms with E-state index in [4.69, 9.17) is 0 Å². The quantitative estimate of drug-likeness (QED) is 0.854. The summed E-state index contributed by atoms with van der Waals surface area (Å²) in [6, 6.07) is 5.65. The van der Waals surface area contributed by atoms with Gasteiger partial charge in [-0.15, -0.1) is 0 Å². The lowest BCUT2D eigenvalue weighted by Gasteiger charge is -2.31. The first kappa shape index (κ1) is 14.1. The molecule has 0 unspecified atom stereocenters. The lowest BCUT2D eigenvalue weighted by Crippen LogP contribution is -2.36. The molecule has 0 N–H and O–H groups in total. The molecule has 0 radical (unpaired) electrons. The normalized spacial score (nSPS) is 15.1. The van der Waals surface area contributed by atoms with Crippen molar-refractivity contribution in [3.8, 4) is 0 Å². The minimum atomic E-state index is -3.59. The Balaban J connectivity index is 2.16. The summed E-state index contributed by atoms with van der Waals surface area (Å²) in [7, 11) is -1.87. The van der Waals surface area contributed by atoms with Gasteiger partial charge in [-0.2, -0.15) is 13.5 Å². The largest absolute Gasteiger partial charge is 0.283 e. The van der Waals surface area contributed by atoms with Crippen LogP contribution in [0.4, 0.5) is 5.69 Å². The van der Waals surface area contributed by atoms with Crippen LogP contribution < -0.4 is 4.31 Å². The van der Waals surface area contributed by atoms with E-state index >= 15 is 0 Å². The number of rotatable bonds is 2. The highest BCUT2D eigenvalue weighted by Gasteiger charge is 2.32. The van der Waals surface area contributed by atoms with Crippen molar-refractivity contribution in [3.05, 3.63) is 41.1 Å². The third-order valence-corrected chi connectivity index (χ3v) is 5.78. The first-order valence-corrected chi connectivity index (χ1v) is 8.47. The highest BCUT2D eigenvalue weighted by Crippen LogP contribution is 2.35. The fraction of sp³-hybridized carbons (Fsp3) is 0.400. The van der Waals surface area contributed by atoms with E-state index in [2.05, 4.69) is 11.2 Å². The van der Waals surface area contributed by atoms with Crippen molar-refractivity contribution in [1.82, 2.24) is 9.78 Å². The maximum absolute atomic E-state index is 12.9. The van der Waals surface area contributed by atoms with Gasteiger partial charge in [0.15, 0.2) is 5.03 Å². The zero-order valence-corrected chi connectivity index (χ0v) is 13.3. The zero-order valence-electron chi connectivity index (χ0n) is 12.5. The zero-order chi connectivity index (χ0) is 15.2. The number of aryl methyl sites for hydroxylation is 3. The van der Waals surface area contributed by atoms with Crippen LogP contribution >= 0.6 is 0 Å². The molecule has 1 aliphatic rings. The summed E-state index contributed by atoms with van der Waals surface area (Å²) in [5.41, 5.74) is 4.08. The Bertz CT molecular complexity index is 793. The Labute approximate surface area is 125 Å². The van der Waals surface area contributed by atoms with Gasteiger partial charge in [0.2, 0.25) is 0 Å². The van der Waals surface area contributed by atoms with Crippen molar-refractivity contribution >= 4 is 15.7 Å². The second-order valence-electron chi connectivity index (χ2n) is 5.52. The molecule has 21 heavy (non-hydrogen) atoms. The smallest absolute Gasteiger partial charge is 0.274 e. The molecule has 1 aliphatic heterocycles. The van der Waals surface area contributed by atoms with Crippen molar-refractivity contribution in [2.24, 2.45) is 7.05 Å². The van der Waals surface area contributed by atoms with Gasteiger partial charge in [-0.25, -0.2) is 0 Å². The molecular weight excluding hydrogens is 286 g/mol. The first-order chi connectivity index (χ1) is 9.91. The molecular formula is C15H19N3O2S. The van der Waals surface area contributed by atoms with E-state index in [1.165, 1.54) is 8.99 Å². The highest BCUT2D eigenvalue weighted by atomic mass is 32.2. The number of anilines is 1. The third-order valence-electron chi connectivity index (χ3n) is 4.09. The summed E-state index contributed by atoms with van der Waals surface area (Å²) in [6.45, 7) is 4.51. The van der Waals surface area contributed by atoms with Crippen LogP contribution in [0.3, 0.4) is 0 Å². The molecule has 1 aromatic heterocycles. The minimum Gasteiger partial charge on any atom is -0.274 e. The van der Waals surface area contributed by atoms with Gasteiger partial charge >= 0.3 is 0 Å². The van der Waals surface area contributed by atoms with Crippen LogP contribution in [0.15, 0.2) is 29.4 Å². The summed E-state index contributed by atoms with van der Waals surface area (Å²) in [5.74, 6) is 0. The molecule has 0 aliphatic carbocycles. The number of aromatic nitrogens is 2. The molecule has 0 saturated carbocycles. The fourth-order valence-corrected chi connectivity index (χ4v) is 4.37. The summed E-state index contributed by atoms with van der Waals surface area (Å²) in [6.07, 6.45) is 3.41. The van der Waals surface area contributed by atoms with Crippen LogP contribution in [-0.2, 0) is 23.5 Å². The molecule has 2 aromatic rings. The number of benzene rings is 1. The molecule has 3 rings (SSSR count). The van der Waals surface area contributed by atoms with Gasteiger partial charge in [-0.1, -0.05) is 12.1 Å². The van der Waals surface area contributed by atoms with Gasteiger partial charge in [0, 0.05) is 19.8 Å². The van der Waals surface area contributed by atoms with Gasteiger partial charge in [0.25, 0.3) is 10.0 Å². The molecule has 0 bridgehead atoms. The number of nitrogens with zero attached hydrogens (tertiary/aromatic N) is 3. The van der Waals surface area contributed by atoms with E-state index in [9.17, 15) is 8.42 Å². The molecule has 112 valence electrons. The predicted octanol–water partition coefficient (Wildman–Crippen LogP) is 2.18. The molecule has 2 heterocycles.